The van der Waals surface area contributed by atoms with E-state index in [1.807, 2.05) is 11.3 Å². The molecule has 0 bridgehead atoms. The van der Waals surface area contributed by atoms with Gasteiger partial charge in [-0.2, -0.15) is 0 Å². The molecule has 0 spiro atoms. The van der Waals surface area contributed by atoms with Gasteiger partial charge in [-0.05, 0) is 25.3 Å². The predicted octanol–water partition coefficient (Wildman–Crippen LogP) is 5.97. The van der Waals surface area contributed by atoms with E-state index in [9.17, 15) is 0 Å². The van der Waals surface area contributed by atoms with Gasteiger partial charge in [-0.15, -0.1) is 11.3 Å². The average molecular weight is 317 g/mol. The van der Waals surface area contributed by atoms with Crippen LogP contribution < -0.4 is 5.32 Å². The fourth-order valence-electron chi connectivity index (χ4n) is 2.58. The minimum absolute atomic E-state index is 0.851. The van der Waals surface area contributed by atoms with Gasteiger partial charge < -0.3 is 5.32 Å². The molecule has 3 heteroatoms. The van der Waals surface area contributed by atoms with Crippen LogP contribution in [0.25, 0.3) is 0 Å². The number of aromatic nitrogens is 1. The smallest absolute Gasteiger partial charge is 0.183 e. The zero-order chi connectivity index (χ0) is 15.6. The lowest BCUT2D eigenvalue weighted by Gasteiger charge is -2.02. The van der Waals surface area contributed by atoms with Crippen molar-refractivity contribution >= 4 is 16.5 Å². The number of aryl methyl sites for hydroxylation is 2. The monoisotopic (exact) mass is 316 g/mol. The number of hydrogen-bond acceptors (Lipinski definition) is 3. The third-order valence-corrected chi connectivity index (χ3v) is 5.11. The highest BCUT2D eigenvalue weighted by atomic mass is 32.1. The molecule has 0 aliphatic carbocycles. The molecule has 0 unspecified atom stereocenters. The van der Waals surface area contributed by atoms with Gasteiger partial charge in [0.2, 0.25) is 0 Å². The van der Waals surface area contributed by atoms with Gasteiger partial charge in [-0.3, -0.25) is 0 Å². The molecule has 0 atom stereocenters. The van der Waals surface area contributed by atoms with E-state index >= 15 is 0 Å². The van der Waals surface area contributed by atoms with E-state index in [0.717, 1.165) is 11.7 Å². The lowest BCUT2D eigenvalue weighted by Crippen LogP contribution is -1.98. The first-order valence-electron chi connectivity index (χ1n) is 8.53. The van der Waals surface area contributed by atoms with Crippen LogP contribution in [0, 0.1) is 6.92 Å². The van der Waals surface area contributed by atoms with Crippen LogP contribution in [0.5, 0.6) is 0 Å². The summed E-state index contributed by atoms with van der Waals surface area (Å²) in [4.78, 5) is 6.11. The predicted molar refractivity (Wildman–Crippen MR) is 97.7 cm³/mol. The van der Waals surface area contributed by atoms with Crippen LogP contribution in [0.4, 0.5) is 5.13 Å². The van der Waals surface area contributed by atoms with Crippen molar-refractivity contribution in [1.82, 2.24) is 4.98 Å². The molecule has 2 aromatic rings. The minimum Gasteiger partial charge on any atom is -0.357 e. The first-order chi connectivity index (χ1) is 10.8. The molecule has 2 rings (SSSR count). The highest BCUT2D eigenvalue weighted by Gasteiger charge is 2.07. The summed E-state index contributed by atoms with van der Waals surface area (Å²) in [6.45, 7) is 5.26. The first kappa shape index (κ1) is 17.0. The summed E-state index contributed by atoms with van der Waals surface area (Å²) in [6, 6.07) is 10.5. The summed E-state index contributed by atoms with van der Waals surface area (Å²) >= 11 is 1.82. The molecule has 1 aromatic heterocycles. The van der Waals surface area contributed by atoms with Crippen molar-refractivity contribution in [1.29, 1.82) is 0 Å². The summed E-state index contributed by atoms with van der Waals surface area (Å²) < 4.78 is 0. The number of nitrogens with one attached hydrogen (secondary N) is 1. The average Bonchev–Trinajstić information content (AvgIpc) is 2.90. The van der Waals surface area contributed by atoms with Crippen LogP contribution in [-0.2, 0) is 13.0 Å². The zero-order valence-electron chi connectivity index (χ0n) is 13.9. The Hall–Kier alpha value is -1.35. The van der Waals surface area contributed by atoms with E-state index in [1.165, 1.54) is 61.1 Å². The Balaban J connectivity index is 1.73. The Morgan fingerprint density at radius 1 is 1.00 bits per heavy atom. The molecule has 0 radical (unpaired) electrons. The van der Waals surface area contributed by atoms with Crippen LogP contribution in [0.2, 0.25) is 0 Å². The largest absolute Gasteiger partial charge is 0.357 e. The molecule has 0 aliphatic heterocycles. The Labute approximate surface area is 139 Å². The van der Waals surface area contributed by atoms with E-state index in [2.05, 4.69) is 54.5 Å². The number of rotatable bonds is 10. The molecule has 2 nitrogen and oxygen atoms in total. The second-order valence-electron chi connectivity index (χ2n) is 5.88. The lowest BCUT2D eigenvalue weighted by atomic mass is 10.1. The van der Waals surface area contributed by atoms with Gasteiger partial charge in [0, 0.05) is 11.4 Å². The molecule has 0 saturated heterocycles. The zero-order valence-corrected chi connectivity index (χ0v) is 14.7. The number of unbranched alkanes of at least 4 members (excludes halogenated alkanes) is 5. The lowest BCUT2D eigenvalue weighted by molar-refractivity contribution is 0.608. The molecular weight excluding hydrogens is 288 g/mol. The maximum absolute atomic E-state index is 4.66. The van der Waals surface area contributed by atoms with Crippen molar-refractivity contribution in [3.8, 4) is 0 Å². The van der Waals surface area contributed by atoms with Crippen LogP contribution in [0.3, 0.4) is 0 Å². The molecule has 1 aromatic carbocycles. The van der Waals surface area contributed by atoms with Crippen molar-refractivity contribution < 1.29 is 0 Å². The summed E-state index contributed by atoms with van der Waals surface area (Å²) in [5.41, 5.74) is 2.50. The molecule has 22 heavy (non-hydrogen) atoms. The molecular formula is C19H28N2S. The van der Waals surface area contributed by atoms with Crippen LogP contribution in [0.1, 0.15) is 61.6 Å². The molecule has 0 fully saturated rings. The Morgan fingerprint density at radius 2 is 1.73 bits per heavy atom. The molecule has 0 saturated carbocycles. The maximum Gasteiger partial charge on any atom is 0.183 e. The fraction of sp³-hybridized carbons (Fsp3) is 0.526. The van der Waals surface area contributed by atoms with Gasteiger partial charge in [-0.25, -0.2) is 4.98 Å². The molecule has 1 N–H and O–H groups in total. The van der Waals surface area contributed by atoms with Crippen molar-refractivity contribution in [2.45, 2.75) is 65.3 Å². The van der Waals surface area contributed by atoms with E-state index < -0.39 is 0 Å². The van der Waals surface area contributed by atoms with Crippen LogP contribution in [-0.4, -0.2) is 4.98 Å². The molecule has 1 heterocycles. The third kappa shape index (κ3) is 5.80. The SMILES string of the molecule is CCCCCCCCc1sc(NCc2ccccc2)nc1C. The van der Waals surface area contributed by atoms with Crippen LogP contribution >= 0.6 is 11.3 Å². The van der Waals surface area contributed by atoms with E-state index in [-0.39, 0.29) is 0 Å². The fourth-order valence-corrected chi connectivity index (χ4v) is 3.58. The van der Waals surface area contributed by atoms with E-state index in [0.29, 0.717) is 0 Å². The van der Waals surface area contributed by atoms with Gasteiger partial charge in [-0.1, -0.05) is 69.4 Å². The number of thiazole rings is 1. The number of anilines is 1. The molecule has 120 valence electrons. The van der Waals surface area contributed by atoms with Gasteiger partial charge in [0.25, 0.3) is 0 Å². The standard InChI is InChI=1S/C19H28N2S/c1-3-4-5-6-7-11-14-18-16(2)21-19(22-18)20-15-17-12-9-8-10-13-17/h8-10,12-13H,3-7,11,14-15H2,1-2H3,(H,20,21). The number of nitrogens with zero attached hydrogens (tertiary/aromatic N) is 1. The second-order valence-corrected chi connectivity index (χ2v) is 6.97. The van der Waals surface area contributed by atoms with Crippen molar-refractivity contribution in [2.75, 3.05) is 5.32 Å². The molecule has 0 aliphatic rings. The van der Waals surface area contributed by atoms with Gasteiger partial charge in [0.1, 0.15) is 0 Å². The summed E-state index contributed by atoms with van der Waals surface area (Å²) in [5.74, 6) is 0. The summed E-state index contributed by atoms with van der Waals surface area (Å²) in [5, 5.41) is 4.51. The first-order valence-corrected chi connectivity index (χ1v) is 9.35. The Kier molecular flexibility index (Phi) is 7.44. The quantitative estimate of drug-likeness (QED) is 0.546. The Morgan fingerprint density at radius 3 is 2.50 bits per heavy atom. The van der Waals surface area contributed by atoms with Gasteiger partial charge >= 0.3 is 0 Å². The minimum atomic E-state index is 0.851. The summed E-state index contributed by atoms with van der Waals surface area (Å²) in [6.07, 6.45) is 9.31. The van der Waals surface area contributed by atoms with Crippen molar-refractivity contribution in [2.24, 2.45) is 0 Å². The van der Waals surface area contributed by atoms with Crippen molar-refractivity contribution in [3.05, 3.63) is 46.5 Å². The normalized spacial score (nSPS) is 10.8. The van der Waals surface area contributed by atoms with Gasteiger partial charge in [0.05, 0.1) is 5.69 Å². The maximum atomic E-state index is 4.66. The van der Waals surface area contributed by atoms with E-state index in [1.54, 1.807) is 0 Å². The van der Waals surface area contributed by atoms with Gasteiger partial charge in [0.15, 0.2) is 5.13 Å². The molecule has 0 amide bonds. The highest BCUT2D eigenvalue weighted by molar-refractivity contribution is 7.15. The van der Waals surface area contributed by atoms with E-state index in [4.69, 9.17) is 0 Å². The van der Waals surface area contributed by atoms with Crippen molar-refractivity contribution in [3.63, 3.8) is 0 Å². The highest BCUT2D eigenvalue weighted by Crippen LogP contribution is 2.25. The summed E-state index contributed by atoms with van der Waals surface area (Å²) in [7, 11) is 0. The Bertz CT molecular complexity index is 534. The van der Waals surface area contributed by atoms with Crippen LogP contribution in [0.15, 0.2) is 30.3 Å². The third-order valence-electron chi connectivity index (χ3n) is 3.94. The number of benzene rings is 1. The number of hydrogen-bond donors (Lipinski definition) is 1. The second kappa shape index (κ2) is 9.62. The topological polar surface area (TPSA) is 24.9 Å².